The van der Waals surface area contributed by atoms with Gasteiger partial charge in [0.15, 0.2) is 0 Å². The molecule has 2 aromatic rings. The van der Waals surface area contributed by atoms with Gasteiger partial charge >= 0.3 is 0 Å². The largest absolute Gasteiger partial charge is 0.391 e. The minimum absolute atomic E-state index is 0.124. The Morgan fingerprint density at radius 2 is 2.26 bits per heavy atom. The summed E-state index contributed by atoms with van der Waals surface area (Å²) in [5.41, 5.74) is 2.28. The molecule has 0 spiro atoms. The molecule has 0 amide bonds. The molecule has 0 radical (unpaired) electrons. The van der Waals surface area contributed by atoms with E-state index in [2.05, 4.69) is 26.7 Å². The highest BCUT2D eigenvalue weighted by atomic mass is 35.5. The second-order valence-corrected chi connectivity index (χ2v) is 7.30. The number of aliphatic hydroxyl groups is 1. The molecule has 0 aromatic carbocycles. The predicted molar refractivity (Wildman–Crippen MR) is 87.2 cm³/mol. The molecule has 124 valence electrons. The van der Waals surface area contributed by atoms with Crippen LogP contribution in [-0.4, -0.2) is 37.2 Å². The molecule has 0 aliphatic heterocycles. The SMILES string of the molecule is O[C@@H]1CC(Cn2cc(Cl)cn2)C[C@H]1NCc1cc(C2CC2)n[nH]1. The fourth-order valence-electron chi connectivity index (χ4n) is 3.49. The summed E-state index contributed by atoms with van der Waals surface area (Å²) < 4.78 is 1.86. The maximum atomic E-state index is 10.3. The molecule has 2 aliphatic rings. The maximum absolute atomic E-state index is 10.3. The Morgan fingerprint density at radius 1 is 1.39 bits per heavy atom. The molecular formula is C16H22ClN5O. The smallest absolute Gasteiger partial charge is 0.0785 e. The van der Waals surface area contributed by atoms with E-state index in [9.17, 15) is 5.11 Å². The van der Waals surface area contributed by atoms with Crippen molar-refractivity contribution >= 4 is 11.6 Å². The van der Waals surface area contributed by atoms with Gasteiger partial charge in [0.2, 0.25) is 0 Å². The summed E-state index contributed by atoms with van der Waals surface area (Å²) in [6, 6.07) is 2.27. The number of nitrogens with one attached hydrogen (secondary N) is 2. The van der Waals surface area contributed by atoms with Crippen molar-refractivity contribution in [3.05, 3.63) is 34.9 Å². The van der Waals surface area contributed by atoms with Gasteiger partial charge in [-0.3, -0.25) is 9.78 Å². The highest BCUT2D eigenvalue weighted by molar-refractivity contribution is 6.30. The molecule has 2 saturated carbocycles. The van der Waals surface area contributed by atoms with E-state index in [0.29, 0.717) is 16.9 Å². The summed E-state index contributed by atoms with van der Waals surface area (Å²) >= 11 is 5.89. The zero-order chi connectivity index (χ0) is 15.8. The number of nitrogens with zero attached hydrogens (tertiary/aromatic N) is 3. The molecule has 2 aromatic heterocycles. The van der Waals surface area contributed by atoms with Crippen molar-refractivity contribution in [1.82, 2.24) is 25.3 Å². The first-order valence-electron chi connectivity index (χ1n) is 8.31. The van der Waals surface area contributed by atoms with Crippen LogP contribution in [0.4, 0.5) is 0 Å². The zero-order valence-corrected chi connectivity index (χ0v) is 13.7. The summed E-state index contributed by atoms with van der Waals surface area (Å²) in [6.45, 7) is 1.53. The predicted octanol–water partition coefficient (Wildman–Crippen LogP) is 2.07. The number of H-pyrrole nitrogens is 1. The Labute approximate surface area is 140 Å². The van der Waals surface area contributed by atoms with Gasteiger partial charge in [0.1, 0.15) is 0 Å². The number of halogens is 1. The van der Waals surface area contributed by atoms with Crippen molar-refractivity contribution in [2.45, 2.75) is 56.8 Å². The Morgan fingerprint density at radius 3 is 3.00 bits per heavy atom. The van der Waals surface area contributed by atoms with E-state index >= 15 is 0 Å². The molecule has 0 saturated heterocycles. The molecule has 2 aliphatic carbocycles. The number of aliphatic hydroxyl groups excluding tert-OH is 1. The van der Waals surface area contributed by atoms with E-state index in [-0.39, 0.29) is 12.1 Å². The molecule has 1 unspecified atom stereocenters. The molecule has 4 rings (SSSR count). The van der Waals surface area contributed by atoms with Crippen molar-refractivity contribution < 1.29 is 5.11 Å². The third-order valence-corrected chi connectivity index (χ3v) is 5.07. The number of aromatic amines is 1. The van der Waals surface area contributed by atoms with Crippen LogP contribution in [0.2, 0.25) is 5.02 Å². The first-order valence-corrected chi connectivity index (χ1v) is 8.69. The van der Waals surface area contributed by atoms with Gasteiger partial charge in [0.25, 0.3) is 0 Å². The van der Waals surface area contributed by atoms with Crippen LogP contribution in [0.25, 0.3) is 0 Å². The molecule has 6 nitrogen and oxygen atoms in total. The Bertz CT molecular complexity index is 665. The Kier molecular flexibility index (Phi) is 4.13. The van der Waals surface area contributed by atoms with Crippen LogP contribution in [0.5, 0.6) is 0 Å². The first kappa shape index (κ1) is 15.2. The van der Waals surface area contributed by atoms with Gasteiger partial charge in [-0.05, 0) is 37.7 Å². The molecule has 23 heavy (non-hydrogen) atoms. The van der Waals surface area contributed by atoms with E-state index in [1.54, 1.807) is 6.20 Å². The second kappa shape index (κ2) is 6.26. The monoisotopic (exact) mass is 335 g/mol. The second-order valence-electron chi connectivity index (χ2n) is 6.87. The van der Waals surface area contributed by atoms with Crippen LogP contribution in [0, 0.1) is 5.92 Å². The molecule has 0 bridgehead atoms. The van der Waals surface area contributed by atoms with E-state index < -0.39 is 0 Å². The lowest BCUT2D eigenvalue weighted by molar-refractivity contribution is 0.145. The molecule has 3 atom stereocenters. The number of hydrogen-bond acceptors (Lipinski definition) is 4. The van der Waals surface area contributed by atoms with Gasteiger partial charge in [-0.25, -0.2) is 0 Å². The summed E-state index contributed by atoms with van der Waals surface area (Å²) in [7, 11) is 0. The van der Waals surface area contributed by atoms with Gasteiger partial charge in [-0.1, -0.05) is 11.6 Å². The van der Waals surface area contributed by atoms with Crippen molar-refractivity contribution in [3.8, 4) is 0 Å². The van der Waals surface area contributed by atoms with Crippen molar-refractivity contribution in [2.24, 2.45) is 5.92 Å². The third-order valence-electron chi connectivity index (χ3n) is 4.87. The number of rotatable bonds is 6. The van der Waals surface area contributed by atoms with Crippen LogP contribution in [0.15, 0.2) is 18.5 Å². The third kappa shape index (κ3) is 3.59. The van der Waals surface area contributed by atoms with E-state index in [1.165, 1.54) is 18.5 Å². The highest BCUT2D eigenvalue weighted by Crippen LogP contribution is 2.39. The van der Waals surface area contributed by atoms with Gasteiger partial charge in [0.05, 0.1) is 23.0 Å². The van der Waals surface area contributed by atoms with Crippen LogP contribution in [0.1, 0.15) is 43.0 Å². The Hall–Kier alpha value is -1.37. The van der Waals surface area contributed by atoms with Crippen LogP contribution in [-0.2, 0) is 13.1 Å². The van der Waals surface area contributed by atoms with Crippen LogP contribution >= 0.6 is 11.6 Å². The minimum atomic E-state index is -0.308. The summed E-state index contributed by atoms with van der Waals surface area (Å²) in [6.07, 6.45) is 7.44. The highest BCUT2D eigenvalue weighted by Gasteiger charge is 2.33. The maximum Gasteiger partial charge on any atom is 0.0785 e. The fraction of sp³-hybridized carbons (Fsp3) is 0.625. The standard InChI is InChI=1S/C16H22ClN5O/c17-12-6-19-22(9-12)8-10-3-15(16(23)4-10)18-7-13-5-14(21-20-13)11-1-2-11/h5-6,9-11,15-16,18,23H,1-4,7-8H2,(H,20,21)/t10?,15-,16-/m1/s1. The number of hydrogen-bond donors (Lipinski definition) is 3. The molecule has 2 heterocycles. The van der Waals surface area contributed by atoms with Gasteiger partial charge in [-0.15, -0.1) is 0 Å². The average molecular weight is 336 g/mol. The van der Waals surface area contributed by atoms with Crippen LogP contribution in [0.3, 0.4) is 0 Å². The lowest BCUT2D eigenvalue weighted by Crippen LogP contribution is -2.35. The van der Waals surface area contributed by atoms with Crippen molar-refractivity contribution in [1.29, 1.82) is 0 Å². The summed E-state index contributed by atoms with van der Waals surface area (Å²) in [4.78, 5) is 0. The molecule has 7 heteroatoms. The van der Waals surface area contributed by atoms with Crippen LogP contribution < -0.4 is 5.32 Å². The Balaban J connectivity index is 1.28. The lowest BCUT2D eigenvalue weighted by Gasteiger charge is -2.15. The molecule has 2 fully saturated rings. The van der Waals surface area contributed by atoms with E-state index in [1.807, 2.05) is 10.9 Å². The quantitative estimate of drug-likeness (QED) is 0.755. The summed E-state index contributed by atoms with van der Waals surface area (Å²) in [5.74, 6) is 1.09. The van der Waals surface area contributed by atoms with E-state index in [0.717, 1.165) is 31.6 Å². The average Bonchev–Trinajstić information content (AvgIpc) is 2.96. The lowest BCUT2D eigenvalue weighted by atomic mass is 10.1. The van der Waals surface area contributed by atoms with Gasteiger partial charge in [-0.2, -0.15) is 10.2 Å². The molecule has 3 N–H and O–H groups in total. The normalized spacial score (nSPS) is 27.7. The van der Waals surface area contributed by atoms with Gasteiger partial charge in [0, 0.05) is 36.9 Å². The van der Waals surface area contributed by atoms with E-state index in [4.69, 9.17) is 11.6 Å². The summed E-state index contributed by atoms with van der Waals surface area (Å²) in [5, 5.41) is 26.1. The zero-order valence-electron chi connectivity index (χ0n) is 13.0. The van der Waals surface area contributed by atoms with Crippen molar-refractivity contribution in [3.63, 3.8) is 0 Å². The topological polar surface area (TPSA) is 78.8 Å². The van der Waals surface area contributed by atoms with Crippen molar-refractivity contribution in [2.75, 3.05) is 0 Å². The number of aromatic nitrogens is 4. The van der Waals surface area contributed by atoms with Gasteiger partial charge < -0.3 is 10.4 Å². The minimum Gasteiger partial charge on any atom is -0.391 e. The molecular weight excluding hydrogens is 314 g/mol. The first-order chi connectivity index (χ1) is 11.2. The fourth-order valence-corrected chi connectivity index (χ4v) is 3.64.